The summed E-state index contributed by atoms with van der Waals surface area (Å²) in [5.41, 5.74) is 4.11. The zero-order valence-electron chi connectivity index (χ0n) is 20.4. The number of piperidine rings is 1. The fourth-order valence-electron chi connectivity index (χ4n) is 4.55. The van der Waals surface area contributed by atoms with Gasteiger partial charge in [-0.1, -0.05) is 6.92 Å². The number of nitrogens with one attached hydrogen (secondary N) is 2. The Labute approximate surface area is 218 Å². The number of amides is 2. The monoisotopic (exact) mass is 518 g/mol. The number of likely N-dealkylation sites (tertiary alicyclic amines) is 1. The lowest BCUT2D eigenvalue weighted by Gasteiger charge is -2.32. The van der Waals surface area contributed by atoms with Gasteiger partial charge in [0.25, 0.3) is 11.8 Å². The van der Waals surface area contributed by atoms with Crippen LogP contribution < -0.4 is 5.32 Å². The molecular weight excluding hydrogens is 491 g/mol. The van der Waals surface area contributed by atoms with Gasteiger partial charge >= 0.3 is 0 Å². The highest BCUT2D eigenvalue weighted by Gasteiger charge is 2.30. The van der Waals surface area contributed by atoms with Crippen molar-refractivity contribution < 1.29 is 14.0 Å². The normalized spacial score (nSPS) is 14.1. The average Bonchev–Trinajstić information content (AvgIpc) is 3.60. The summed E-state index contributed by atoms with van der Waals surface area (Å²) in [6.45, 7) is 3.78. The maximum Gasteiger partial charge on any atom is 0.270 e. The minimum atomic E-state index is -0.323. The molecule has 3 aromatic heterocycles. The first-order valence-corrected chi connectivity index (χ1v) is 13.2. The van der Waals surface area contributed by atoms with Crippen LogP contribution in [0.1, 0.15) is 58.6 Å². The van der Waals surface area contributed by atoms with E-state index >= 15 is 0 Å². The minimum absolute atomic E-state index is 0.0222. The maximum absolute atomic E-state index is 13.6. The fourth-order valence-corrected chi connectivity index (χ4v) is 5.41. The van der Waals surface area contributed by atoms with Crippen LogP contribution in [0, 0.1) is 5.82 Å². The quantitative estimate of drug-likeness (QED) is 0.362. The molecule has 37 heavy (non-hydrogen) atoms. The molecule has 1 saturated heterocycles. The highest BCUT2D eigenvalue weighted by atomic mass is 32.1. The molecule has 4 heterocycles. The van der Waals surface area contributed by atoms with Crippen LogP contribution in [0.4, 0.5) is 4.39 Å². The van der Waals surface area contributed by atoms with Crippen molar-refractivity contribution in [3.63, 3.8) is 0 Å². The highest BCUT2D eigenvalue weighted by molar-refractivity contribution is 7.13. The first kappa shape index (κ1) is 24.8. The lowest BCUT2D eigenvalue weighted by molar-refractivity contribution is 0.0711. The van der Waals surface area contributed by atoms with E-state index in [1.807, 2.05) is 11.8 Å². The highest BCUT2D eigenvalue weighted by Crippen LogP contribution is 2.41. The SMILES string of the molecule is CCCNC(=O)c1csc(-c2c(-c3ccc(F)cc3)n[nH]c2C2CCN(C(=O)c3cccnc3)CC2)n1. The molecule has 0 atom stereocenters. The van der Waals surface area contributed by atoms with Crippen LogP contribution >= 0.6 is 11.3 Å². The number of aromatic nitrogens is 4. The van der Waals surface area contributed by atoms with Gasteiger partial charge in [0.1, 0.15) is 22.2 Å². The van der Waals surface area contributed by atoms with Crippen molar-refractivity contribution in [1.29, 1.82) is 0 Å². The number of hydrogen-bond donors (Lipinski definition) is 2. The molecule has 0 radical (unpaired) electrons. The lowest BCUT2D eigenvalue weighted by atomic mass is 9.89. The number of aromatic amines is 1. The number of H-pyrrole nitrogens is 1. The molecule has 2 N–H and O–H groups in total. The summed E-state index contributed by atoms with van der Waals surface area (Å²) in [5.74, 6) is -0.433. The molecule has 1 aromatic carbocycles. The summed E-state index contributed by atoms with van der Waals surface area (Å²) in [5, 5.41) is 13.1. The molecule has 8 nitrogen and oxygen atoms in total. The van der Waals surface area contributed by atoms with Crippen LogP contribution in [0.5, 0.6) is 0 Å². The van der Waals surface area contributed by atoms with E-state index in [0.717, 1.165) is 36.1 Å². The largest absolute Gasteiger partial charge is 0.351 e. The zero-order chi connectivity index (χ0) is 25.8. The first-order valence-electron chi connectivity index (χ1n) is 12.3. The molecule has 2 amide bonds. The zero-order valence-corrected chi connectivity index (χ0v) is 21.2. The second kappa shape index (κ2) is 11.0. The van der Waals surface area contributed by atoms with E-state index in [2.05, 4.69) is 25.5 Å². The van der Waals surface area contributed by atoms with Gasteiger partial charge < -0.3 is 10.2 Å². The van der Waals surface area contributed by atoms with Crippen molar-refractivity contribution in [2.75, 3.05) is 19.6 Å². The van der Waals surface area contributed by atoms with Crippen molar-refractivity contribution >= 4 is 23.2 Å². The van der Waals surface area contributed by atoms with E-state index in [0.29, 0.717) is 41.6 Å². The third kappa shape index (κ3) is 5.29. The Morgan fingerprint density at radius 3 is 2.68 bits per heavy atom. The second-order valence-electron chi connectivity index (χ2n) is 8.97. The Kier molecular flexibility index (Phi) is 7.36. The van der Waals surface area contributed by atoms with Gasteiger partial charge in [-0.15, -0.1) is 11.3 Å². The Balaban J connectivity index is 1.43. The van der Waals surface area contributed by atoms with Crippen molar-refractivity contribution in [2.24, 2.45) is 0 Å². The number of hydrogen-bond acceptors (Lipinski definition) is 6. The number of halogens is 1. The number of carbonyl (C=O) groups excluding carboxylic acids is 2. The average molecular weight is 519 g/mol. The maximum atomic E-state index is 13.6. The third-order valence-electron chi connectivity index (χ3n) is 6.50. The van der Waals surface area contributed by atoms with Crippen molar-refractivity contribution in [2.45, 2.75) is 32.1 Å². The summed E-state index contributed by atoms with van der Waals surface area (Å²) >= 11 is 1.38. The van der Waals surface area contributed by atoms with Gasteiger partial charge in [-0.2, -0.15) is 5.10 Å². The van der Waals surface area contributed by atoms with Gasteiger partial charge in [0, 0.05) is 54.6 Å². The predicted molar refractivity (Wildman–Crippen MR) is 140 cm³/mol. The van der Waals surface area contributed by atoms with E-state index in [9.17, 15) is 14.0 Å². The summed E-state index contributed by atoms with van der Waals surface area (Å²) in [6.07, 6.45) is 5.58. The van der Waals surface area contributed by atoms with Gasteiger partial charge in [-0.25, -0.2) is 9.37 Å². The molecule has 0 saturated carbocycles. The molecule has 4 aromatic rings. The molecule has 1 aliphatic heterocycles. The molecular formula is C27H27FN6O2S. The fraction of sp³-hybridized carbons (Fsp3) is 0.296. The Morgan fingerprint density at radius 2 is 1.97 bits per heavy atom. The topological polar surface area (TPSA) is 104 Å². The molecule has 5 rings (SSSR count). The second-order valence-corrected chi connectivity index (χ2v) is 9.83. The minimum Gasteiger partial charge on any atom is -0.351 e. The van der Waals surface area contributed by atoms with Gasteiger partial charge in [-0.3, -0.25) is 19.7 Å². The Bertz CT molecular complexity index is 1380. The lowest BCUT2D eigenvalue weighted by Crippen LogP contribution is -2.38. The van der Waals surface area contributed by atoms with E-state index < -0.39 is 0 Å². The molecule has 1 fully saturated rings. The number of carbonyl (C=O) groups is 2. The van der Waals surface area contributed by atoms with Crippen LogP contribution in [-0.4, -0.2) is 56.5 Å². The van der Waals surface area contributed by atoms with Crippen LogP contribution in [-0.2, 0) is 0 Å². The third-order valence-corrected chi connectivity index (χ3v) is 7.36. The predicted octanol–water partition coefficient (Wildman–Crippen LogP) is 4.89. The van der Waals surface area contributed by atoms with Gasteiger partial charge in [0.15, 0.2) is 0 Å². The summed E-state index contributed by atoms with van der Waals surface area (Å²) in [4.78, 5) is 35.9. The van der Waals surface area contributed by atoms with Gasteiger partial charge in [0.05, 0.1) is 11.1 Å². The molecule has 0 bridgehead atoms. The number of pyridine rings is 1. The van der Waals surface area contributed by atoms with Crippen LogP contribution in [0.2, 0.25) is 0 Å². The van der Waals surface area contributed by atoms with E-state index in [1.54, 1.807) is 42.0 Å². The first-order chi connectivity index (χ1) is 18.0. The smallest absolute Gasteiger partial charge is 0.270 e. The number of rotatable bonds is 7. The van der Waals surface area contributed by atoms with Crippen molar-refractivity contribution in [3.05, 3.63) is 76.9 Å². The molecule has 10 heteroatoms. The number of thiazole rings is 1. The number of benzene rings is 1. The summed E-state index contributed by atoms with van der Waals surface area (Å²) in [6, 6.07) is 9.73. The van der Waals surface area contributed by atoms with Crippen molar-refractivity contribution in [3.8, 4) is 21.8 Å². The molecule has 1 aliphatic rings. The van der Waals surface area contributed by atoms with E-state index in [4.69, 9.17) is 0 Å². The van der Waals surface area contributed by atoms with E-state index in [-0.39, 0.29) is 23.5 Å². The van der Waals surface area contributed by atoms with Crippen molar-refractivity contribution in [1.82, 2.24) is 30.4 Å². The molecule has 0 unspecified atom stereocenters. The van der Waals surface area contributed by atoms with Crippen LogP contribution in [0.15, 0.2) is 54.2 Å². The summed E-state index contributed by atoms with van der Waals surface area (Å²) < 4.78 is 13.6. The Hall–Kier alpha value is -3.92. The van der Waals surface area contributed by atoms with Crippen LogP contribution in [0.25, 0.3) is 21.8 Å². The Morgan fingerprint density at radius 1 is 1.19 bits per heavy atom. The molecule has 0 aliphatic carbocycles. The van der Waals surface area contributed by atoms with Gasteiger partial charge in [0.2, 0.25) is 0 Å². The van der Waals surface area contributed by atoms with Gasteiger partial charge in [-0.05, 0) is 55.7 Å². The number of nitrogens with zero attached hydrogens (tertiary/aromatic N) is 4. The standard InChI is InChI=1S/C27H27FN6O2S/c1-2-11-30-25(35)21-16-37-26(31-21)22-23(17-5-7-20(28)8-6-17)32-33-24(22)18-9-13-34(14-10-18)27(36)19-4-3-12-29-15-19/h3-8,12,15-16,18H,2,9-11,13-14H2,1H3,(H,30,35)(H,32,33). The molecule has 0 spiro atoms. The summed E-state index contributed by atoms with van der Waals surface area (Å²) in [7, 11) is 0. The van der Waals surface area contributed by atoms with E-state index in [1.165, 1.54) is 23.5 Å². The van der Waals surface area contributed by atoms with Crippen LogP contribution in [0.3, 0.4) is 0 Å². The molecule has 190 valence electrons.